The van der Waals surface area contributed by atoms with Gasteiger partial charge in [-0.25, -0.2) is 0 Å². The summed E-state index contributed by atoms with van der Waals surface area (Å²) in [5.41, 5.74) is 4.30. The second-order valence-corrected chi connectivity index (χ2v) is 3.76. The second kappa shape index (κ2) is 4.95. The molecule has 0 aliphatic rings. The number of anilines is 3. The van der Waals surface area contributed by atoms with Gasteiger partial charge in [-0.15, -0.1) is 0 Å². The molecule has 16 heavy (non-hydrogen) atoms. The van der Waals surface area contributed by atoms with E-state index in [2.05, 4.69) is 20.6 Å². The number of nitrogens with two attached hydrogens (primary N) is 1. The fourth-order valence-corrected chi connectivity index (χ4v) is 1.02. The van der Waals surface area contributed by atoms with Crippen molar-refractivity contribution in [1.82, 2.24) is 9.97 Å². The summed E-state index contributed by atoms with van der Waals surface area (Å²) in [6, 6.07) is 1.66. The average Bonchev–Trinajstić information content (AvgIpc) is 2.26. The van der Waals surface area contributed by atoms with E-state index >= 15 is 0 Å². The third-order valence-corrected chi connectivity index (χ3v) is 1.99. The molecule has 0 spiro atoms. The van der Waals surface area contributed by atoms with Crippen molar-refractivity contribution in [2.45, 2.75) is 12.5 Å². The largest absolute Gasteiger partial charge is 0.393 e. The minimum Gasteiger partial charge on any atom is -0.393 e. The van der Waals surface area contributed by atoms with Gasteiger partial charge in [0.1, 0.15) is 17.2 Å². The first kappa shape index (κ1) is 12.5. The minimum atomic E-state index is -1.19. The molecule has 0 bridgehead atoms. The molecule has 7 nitrogen and oxygen atoms in total. The van der Waals surface area contributed by atoms with Crippen molar-refractivity contribution in [1.29, 1.82) is 0 Å². The van der Waals surface area contributed by atoms with Gasteiger partial charge in [-0.1, -0.05) is 0 Å². The molecule has 0 aliphatic carbocycles. The summed E-state index contributed by atoms with van der Waals surface area (Å²) in [5, 5.41) is 24.2. The predicted octanol–water partition coefficient (Wildman–Crippen LogP) is -0.744. The summed E-state index contributed by atoms with van der Waals surface area (Å²) < 4.78 is 0. The summed E-state index contributed by atoms with van der Waals surface area (Å²) >= 11 is 0. The molecule has 1 rings (SSSR count). The Hall–Kier alpha value is -1.60. The summed E-state index contributed by atoms with van der Waals surface area (Å²) in [4.78, 5) is 7.86. The molecule has 0 radical (unpaired) electrons. The Bertz CT molecular complexity index is 356. The Balaban J connectivity index is 2.70. The lowest BCUT2D eigenvalue weighted by Gasteiger charge is -2.21. The topological polar surface area (TPSA) is 116 Å². The lowest BCUT2D eigenvalue weighted by Crippen LogP contribution is -2.37. The van der Waals surface area contributed by atoms with Crippen LogP contribution in [0.2, 0.25) is 0 Å². The molecular formula is C9H17N5O2. The zero-order valence-corrected chi connectivity index (χ0v) is 9.36. The number of hydrogen-bond acceptors (Lipinski definition) is 7. The van der Waals surface area contributed by atoms with Crippen molar-refractivity contribution >= 4 is 17.6 Å². The molecule has 0 fully saturated rings. The quantitative estimate of drug-likeness (QED) is 0.449. The normalized spacial score (nSPS) is 14.2. The van der Waals surface area contributed by atoms with Crippen LogP contribution in [0.5, 0.6) is 0 Å². The van der Waals surface area contributed by atoms with E-state index in [1.54, 1.807) is 13.1 Å². The average molecular weight is 227 g/mol. The lowest BCUT2D eigenvalue weighted by molar-refractivity contribution is 0.0132. The van der Waals surface area contributed by atoms with Crippen LogP contribution in [0.4, 0.5) is 17.6 Å². The Morgan fingerprint density at radius 2 is 2.06 bits per heavy atom. The first-order valence-corrected chi connectivity index (χ1v) is 4.86. The van der Waals surface area contributed by atoms with Crippen LogP contribution in [0.1, 0.15) is 6.92 Å². The molecule has 6 N–H and O–H groups in total. The maximum atomic E-state index is 9.58. The third-order valence-electron chi connectivity index (χ3n) is 1.99. The second-order valence-electron chi connectivity index (χ2n) is 3.76. The third kappa shape index (κ3) is 3.52. The van der Waals surface area contributed by atoms with E-state index in [4.69, 9.17) is 10.8 Å². The van der Waals surface area contributed by atoms with Gasteiger partial charge in [0.25, 0.3) is 0 Å². The van der Waals surface area contributed by atoms with Gasteiger partial charge in [0, 0.05) is 19.7 Å². The van der Waals surface area contributed by atoms with Crippen LogP contribution < -0.4 is 16.4 Å². The molecule has 7 heteroatoms. The highest BCUT2D eigenvalue weighted by atomic mass is 16.3. The van der Waals surface area contributed by atoms with Crippen molar-refractivity contribution in [2.75, 3.05) is 36.6 Å². The van der Waals surface area contributed by atoms with Gasteiger partial charge in [0.2, 0.25) is 5.95 Å². The fraction of sp³-hybridized carbons (Fsp3) is 0.556. The molecule has 0 amide bonds. The smallest absolute Gasteiger partial charge is 0.223 e. The van der Waals surface area contributed by atoms with E-state index in [0.29, 0.717) is 11.6 Å². The standard InChI is InChI=1S/C9H17N5O2/c1-9(16,5-15)4-12-7-3-6(11-2)13-8(10)14-7/h3,15-16H,4-5H2,1-2H3,(H4,10,11,12,13,14). The monoisotopic (exact) mass is 227 g/mol. The van der Waals surface area contributed by atoms with Crippen molar-refractivity contribution in [2.24, 2.45) is 0 Å². The summed E-state index contributed by atoms with van der Waals surface area (Å²) in [6.07, 6.45) is 0. The zero-order chi connectivity index (χ0) is 12.2. The van der Waals surface area contributed by atoms with Gasteiger partial charge in [0.05, 0.1) is 6.61 Å². The van der Waals surface area contributed by atoms with Crippen molar-refractivity contribution in [3.05, 3.63) is 6.07 Å². The Morgan fingerprint density at radius 3 is 2.62 bits per heavy atom. The van der Waals surface area contributed by atoms with Gasteiger partial charge in [-0.2, -0.15) is 9.97 Å². The summed E-state index contributed by atoms with van der Waals surface area (Å²) in [5.74, 6) is 1.21. The highest BCUT2D eigenvalue weighted by Crippen LogP contribution is 2.13. The van der Waals surface area contributed by atoms with Crippen molar-refractivity contribution in [3.8, 4) is 0 Å². The highest BCUT2D eigenvalue weighted by molar-refractivity contribution is 5.50. The number of hydrogen-bond donors (Lipinski definition) is 5. The number of aliphatic hydroxyl groups is 2. The fourth-order valence-electron chi connectivity index (χ4n) is 1.02. The molecular weight excluding hydrogens is 210 g/mol. The Kier molecular flexibility index (Phi) is 3.86. The number of nitrogens with zero attached hydrogens (tertiary/aromatic N) is 2. The first-order chi connectivity index (χ1) is 7.46. The number of nitrogens with one attached hydrogen (secondary N) is 2. The molecule has 1 aromatic heterocycles. The molecule has 0 aliphatic heterocycles. The summed E-state index contributed by atoms with van der Waals surface area (Å²) in [7, 11) is 1.72. The Morgan fingerprint density at radius 1 is 1.44 bits per heavy atom. The molecule has 0 aromatic carbocycles. The predicted molar refractivity (Wildman–Crippen MR) is 62.2 cm³/mol. The molecule has 0 saturated heterocycles. The SMILES string of the molecule is CNc1cc(NCC(C)(O)CO)nc(N)n1. The van der Waals surface area contributed by atoms with Crippen LogP contribution in [0.3, 0.4) is 0 Å². The first-order valence-electron chi connectivity index (χ1n) is 4.86. The van der Waals surface area contributed by atoms with E-state index in [9.17, 15) is 5.11 Å². The number of aliphatic hydroxyl groups excluding tert-OH is 1. The molecule has 90 valence electrons. The number of rotatable bonds is 5. The van der Waals surface area contributed by atoms with E-state index in [-0.39, 0.29) is 19.1 Å². The maximum absolute atomic E-state index is 9.58. The highest BCUT2D eigenvalue weighted by Gasteiger charge is 2.18. The van der Waals surface area contributed by atoms with E-state index < -0.39 is 5.60 Å². The zero-order valence-electron chi connectivity index (χ0n) is 9.36. The van der Waals surface area contributed by atoms with E-state index in [1.807, 2.05) is 0 Å². The molecule has 1 atom stereocenters. The van der Waals surface area contributed by atoms with Crippen LogP contribution >= 0.6 is 0 Å². The van der Waals surface area contributed by atoms with Crippen LogP contribution in [-0.2, 0) is 0 Å². The van der Waals surface area contributed by atoms with Crippen LogP contribution in [-0.4, -0.2) is 46.0 Å². The van der Waals surface area contributed by atoms with Gasteiger partial charge in [-0.05, 0) is 6.92 Å². The molecule has 1 aromatic rings. The van der Waals surface area contributed by atoms with Gasteiger partial charge >= 0.3 is 0 Å². The van der Waals surface area contributed by atoms with Gasteiger partial charge in [-0.3, -0.25) is 0 Å². The van der Waals surface area contributed by atoms with Crippen LogP contribution in [0.25, 0.3) is 0 Å². The molecule has 1 unspecified atom stereocenters. The van der Waals surface area contributed by atoms with Crippen molar-refractivity contribution in [3.63, 3.8) is 0 Å². The van der Waals surface area contributed by atoms with Crippen LogP contribution in [0.15, 0.2) is 6.07 Å². The Labute approximate surface area is 93.7 Å². The van der Waals surface area contributed by atoms with Crippen molar-refractivity contribution < 1.29 is 10.2 Å². The van der Waals surface area contributed by atoms with Gasteiger partial charge in [0.15, 0.2) is 0 Å². The van der Waals surface area contributed by atoms with Gasteiger partial charge < -0.3 is 26.6 Å². The number of nitrogen functional groups attached to an aromatic ring is 1. The number of aromatic nitrogens is 2. The molecule has 1 heterocycles. The lowest BCUT2D eigenvalue weighted by atomic mass is 10.1. The van der Waals surface area contributed by atoms with Crippen LogP contribution in [0, 0.1) is 0 Å². The summed E-state index contributed by atoms with van der Waals surface area (Å²) in [6.45, 7) is 1.35. The minimum absolute atomic E-state index is 0.137. The molecule has 0 saturated carbocycles. The maximum Gasteiger partial charge on any atom is 0.223 e. The van der Waals surface area contributed by atoms with E-state index in [0.717, 1.165) is 0 Å². The van der Waals surface area contributed by atoms with E-state index in [1.165, 1.54) is 6.92 Å².